The predicted molar refractivity (Wildman–Crippen MR) is 155 cm³/mol. The van der Waals surface area contributed by atoms with Crippen LogP contribution in [0.15, 0.2) is 30.3 Å². The van der Waals surface area contributed by atoms with Crippen molar-refractivity contribution >= 4 is 41.3 Å². The minimum Gasteiger partial charge on any atom is -0.492 e. The van der Waals surface area contributed by atoms with E-state index in [1.807, 2.05) is 18.2 Å². The lowest BCUT2D eigenvalue weighted by Crippen LogP contribution is -2.59. The zero-order chi connectivity index (χ0) is 32.1. The molecule has 2 aromatic carbocycles. The van der Waals surface area contributed by atoms with Gasteiger partial charge in [0.2, 0.25) is 0 Å². The topological polar surface area (TPSA) is 141 Å². The van der Waals surface area contributed by atoms with Gasteiger partial charge >= 0.3 is 23.9 Å². The van der Waals surface area contributed by atoms with Crippen molar-refractivity contribution in [2.45, 2.75) is 84.4 Å². The minimum atomic E-state index is -1.31. The number of hydrogen-bond donors (Lipinski definition) is 0. The Bertz CT molecular complexity index is 1430. The summed E-state index contributed by atoms with van der Waals surface area (Å²) in [5.41, 5.74) is 3.41. The van der Waals surface area contributed by atoms with E-state index in [1.165, 1.54) is 34.6 Å². The molecule has 0 saturated carbocycles. The summed E-state index contributed by atoms with van der Waals surface area (Å²) in [6.45, 7) is 6.35. The normalized spacial score (nSPS) is 22.5. The Hall–Kier alpha value is -3.96. The summed E-state index contributed by atoms with van der Waals surface area (Å²) in [5.74, 6) is -2.31. The molecular weight excluding hydrogens is 596 g/mol. The lowest BCUT2D eigenvalue weighted by molar-refractivity contribution is -0.254. The van der Waals surface area contributed by atoms with E-state index in [4.69, 9.17) is 40.0 Å². The van der Waals surface area contributed by atoms with Crippen LogP contribution in [-0.2, 0) is 55.7 Å². The molecule has 2 aliphatic heterocycles. The molecule has 2 aromatic rings. The largest absolute Gasteiger partial charge is 0.492 e. The van der Waals surface area contributed by atoms with Gasteiger partial charge in [0, 0.05) is 38.8 Å². The lowest BCUT2D eigenvalue weighted by Gasteiger charge is -2.45. The Morgan fingerprint density at radius 3 is 2.05 bits per heavy atom. The first-order valence-electron chi connectivity index (χ1n) is 14.2. The minimum absolute atomic E-state index is 0.0530. The van der Waals surface area contributed by atoms with Gasteiger partial charge in [-0.3, -0.25) is 24.0 Å². The molecule has 0 aliphatic carbocycles. The van der Waals surface area contributed by atoms with Crippen LogP contribution >= 0.6 is 11.6 Å². The molecule has 12 heteroatoms. The van der Waals surface area contributed by atoms with Crippen molar-refractivity contribution in [3.63, 3.8) is 0 Å². The molecule has 0 N–H and O–H groups in total. The molecule has 236 valence electrons. The molecule has 5 atom stereocenters. The van der Waals surface area contributed by atoms with Gasteiger partial charge in [-0.15, -0.1) is 0 Å². The number of ether oxygens (including phenoxy) is 6. The number of carbonyl (C=O) groups is 5. The Balaban J connectivity index is 1.86. The highest BCUT2D eigenvalue weighted by Gasteiger charge is 2.53. The van der Waals surface area contributed by atoms with Gasteiger partial charge < -0.3 is 28.4 Å². The van der Waals surface area contributed by atoms with Crippen molar-refractivity contribution in [3.05, 3.63) is 63.2 Å². The predicted octanol–water partition coefficient (Wildman–Crippen LogP) is 4.26. The molecule has 4 rings (SSSR count). The summed E-state index contributed by atoms with van der Waals surface area (Å²) in [4.78, 5) is 60.4. The van der Waals surface area contributed by atoms with Gasteiger partial charge in [-0.2, -0.15) is 0 Å². The van der Waals surface area contributed by atoms with Crippen molar-refractivity contribution in [1.29, 1.82) is 0 Å². The first-order valence-corrected chi connectivity index (χ1v) is 14.6. The first kappa shape index (κ1) is 32.9. The lowest BCUT2D eigenvalue weighted by atomic mass is 9.85. The van der Waals surface area contributed by atoms with E-state index in [0.29, 0.717) is 53.3 Å². The molecule has 11 nitrogen and oxygen atoms in total. The maximum absolute atomic E-state index is 12.4. The monoisotopic (exact) mass is 630 g/mol. The van der Waals surface area contributed by atoms with Crippen molar-refractivity contribution in [1.82, 2.24) is 0 Å². The number of fused-ring (bicyclic) bond motifs is 1. The molecule has 1 fully saturated rings. The summed E-state index contributed by atoms with van der Waals surface area (Å²) in [6.07, 6.45) is -4.40. The molecule has 0 radical (unpaired) electrons. The molecule has 0 bridgehead atoms. The van der Waals surface area contributed by atoms with Crippen LogP contribution in [0.3, 0.4) is 0 Å². The Morgan fingerprint density at radius 1 is 0.841 bits per heavy atom. The number of benzene rings is 2. The Kier molecular flexibility index (Phi) is 10.6. The second-order valence-corrected chi connectivity index (χ2v) is 11.1. The fourth-order valence-corrected chi connectivity index (χ4v) is 5.81. The zero-order valence-electron chi connectivity index (χ0n) is 25.2. The van der Waals surface area contributed by atoms with Crippen molar-refractivity contribution in [2.24, 2.45) is 0 Å². The van der Waals surface area contributed by atoms with E-state index in [9.17, 15) is 24.0 Å². The molecule has 2 aliphatic rings. The van der Waals surface area contributed by atoms with Gasteiger partial charge in [0.15, 0.2) is 24.1 Å². The SMILES string of the molecule is CC(=O)OCC1O[C@@H](c2cc(Cc3ccc(C(C)=O)cc3)c(Cl)c3c2CCCO3)[C@H](OC(C)=O)[C@@H](OC(C)=O)[C@@H]1OC(C)=O. The molecule has 1 unspecified atom stereocenters. The number of hydrogen-bond acceptors (Lipinski definition) is 11. The van der Waals surface area contributed by atoms with Gasteiger partial charge in [-0.05, 0) is 42.9 Å². The van der Waals surface area contributed by atoms with Crippen LogP contribution in [-0.4, -0.2) is 67.3 Å². The summed E-state index contributed by atoms with van der Waals surface area (Å²) < 4.78 is 34.6. The second-order valence-electron chi connectivity index (χ2n) is 10.7. The zero-order valence-corrected chi connectivity index (χ0v) is 25.9. The number of Topliss-reactive ketones (excluding diaryl/α,β-unsaturated/α-hetero) is 1. The van der Waals surface area contributed by atoms with Crippen LogP contribution in [0.4, 0.5) is 0 Å². The van der Waals surface area contributed by atoms with E-state index in [2.05, 4.69) is 0 Å². The molecule has 0 aromatic heterocycles. The van der Waals surface area contributed by atoms with E-state index in [1.54, 1.807) is 12.1 Å². The van der Waals surface area contributed by atoms with Gasteiger partial charge in [0.05, 0.1) is 11.6 Å². The second kappa shape index (κ2) is 14.2. The highest BCUT2D eigenvalue weighted by molar-refractivity contribution is 6.33. The first-order chi connectivity index (χ1) is 20.8. The van der Waals surface area contributed by atoms with Gasteiger partial charge in [0.25, 0.3) is 0 Å². The van der Waals surface area contributed by atoms with Gasteiger partial charge in [-0.1, -0.05) is 41.9 Å². The third-order valence-electron chi connectivity index (χ3n) is 7.30. The van der Waals surface area contributed by atoms with Crippen LogP contribution in [0, 0.1) is 0 Å². The molecule has 44 heavy (non-hydrogen) atoms. The standard InChI is InChI=1S/C32H35ClO11/c1-16(34)22-10-8-21(9-11-22)13-23-14-25(24-7-6-12-39-28(24)27(23)33)29-31(42-19(4)37)32(43-20(5)38)30(41-18(3)36)26(44-29)15-40-17(2)35/h8-11,14,26,29-32H,6-7,12-13,15H2,1-5H3/t26?,29-,30+,31-,32-/m0/s1. The van der Waals surface area contributed by atoms with E-state index < -0.39 is 54.4 Å². The summed E-state index contributed by atoms with van der Waals surface area (Å²) in [5, 5.41) is 0.407. The smallest absolute Gasteiger partial charge is 0.303 e. The van der Waals surface area contributed by atoms with E-state index >= 15 is 0 Å². The van der Waals surface area contributed by atoms with E-state index in [0.717, 1.165) is 11.1 Å². The maximum atomic E-state index is 12.4. The third-order valence-corrected chi connectivity index (χ3v) is 7.72. The number of halogens is 1. The fourth-order valence-electron chi connectivity index (χ4n) is 5.52. The Labute approximate surface area is 260 Å². The average molecular weight is 631 g/mol. The fraction of sp³-hybridized carbons (Fsp3) is 0.469. The summed E-state index contributed by atoms with van der Waals surface area (Å²) in [6, 6.07) is 8.97. The number of esters is 4. The van der Waals surface area contributed by atoms with Crippen LogP contribution in [0.5, 0.6) is 5.75 Å². The van der Waals surface area contributed by atoms with Crippen molar-refractivity contribution in [3.8, 4) is 5.75 Å². The highest BCUT2D eigenvalue weighted by Crippen LogP contribution is 2.46. The maximum Gasteiger partial charge on any atom is 0.303 e. The summed E-state index contributed by atoms with van der Waals surface area (Å²) >= 11 is 6.89. The summed E-state index contributed by atoms with van der Waals surface area (Å²) in [7, 11) is 0. The number of carbonyl (C=O) groups excluding carboxylic acids is 5. The van der Waals surface area contributed by atoms with Crippen molar-refractivity contribution in [2.75, 3.05) is 13.2 Å². The number of rotatable bonds is 9. The van der Waals surface area contributed by atoms with Crippen LogP contribution < -0.4 is 4.74 Å². The highest BCUT2D eigenvalue weighted by atomic mass is 35.5. The quantitative estimate of drug-likeness (QED) is 0.223. The van der Waals surface area contributed by atoms with E-state index in [-0.39, 0.29) is 12.4 Å². The van der Waals surface area contributed by atoms with Gasteiger partial charge in [0.1, 0.15) is 24.6 Å². The van der Waals surface area contributed by atoms with Gasteiger partial charge in [-0.25, -0.2) is 0 Å². The Morgan fingerprint density at radius 2 is 1.45 bits per heavy atom. The molecule has 1 saturated heterocycles. The molecule has 2 heterocycles. The molecule has 0 amide bonds. The van der Waals surface area contributed by atoms with Crippen molar-refractivity contribution < 1.29 is 52.4 Å². The average Bonchev–Trinajstić information content (AvgIpc) is 2.95. The molecular formula is C32H35ClO11. The molecule has 0 spiro atoms. The van der Waals surface area contributed by atoms with Crippen LogP contribution in [0.2, 0.25) is 5.02 Å². The van der Waals surface area contributed by atoms with Crippen LogP contribution in [0.1, 0.15) is 79.8 Å². The number of ketones is 1. The third kappa shape index (κ3) is 7.75. The van der Waals surface area contributed by atoms with Crippen LogP contribution in [0.25, 0.3) is 0 Å².